The highest BCUT2D eigenvalue weighted by molar-refractivity contribution is 5.97. The predicted molar refractivity (Wildman–Crippen MR) is 69.2 cm³/mol. The molecule has 0 aromatic heterocycles. The van der Waals surface area contributed by atoms with Crippen molar-refractivity contribution in [1.29, 1.82) is 0 Å². The average molecular weight is 263 g/mol. The smallest absolute Gasteiger partial charge is 0.305 e. The molecule has 1 saturated heterocycles. The largest absolute Gasteiger partial charge is 0.507 e. The van der Waals surface area contributed by atoms with Crippen molar-refractivity contribution in [2.75, 3.05) is 6.54 Å². The lowest BCUT2D eigenvalue weighted by atomic mass is 10.1. The minimum absolute atomic E-state index is 0.0433. The van der Waals surface area contributed by atoms with E-state index in [0.29, 0.717) is 13.0 Å². The fourth-order valence-corrected chi connectivity index (χ4v) is 2.49. The van der Waals surface area contributed by atoms with Crippen LogP contribution in [0.1, 0.15) is 35.2 Å². The number of hydrogen-bond donors (Lipinski definition) is 2. The SMILES string of the molecule is Cc1ccc(C(=O)N2CCC[C@@H]2CC(=O)O)c(O)c1. The Balaban J connectivity index is 2.20. The van der Waals surface area contributed by atoms with Gasteiger partial charge < -0.3 is 15.1 Å². The van der Waals surface area contributed by atoms with Gasteiger partial charge in [-0.15, -0.1) is 0 Å². The third-order valence-electron chi connectivity index (χ3n) is 3.43. The van der Waals surface area contributed by atoms with E-state index >= 15 is 0 Å². The maximum atomic E-state index is 12.3. The van der Waals surface area contributed by atoms with E-state index in [1.807, 2.05) is 6.92 Å². The second-order valence-electron chi connectivity index (χ2n) is 4.91. The molecule has 102 valence electrons. The highest BCUT2D eigenvalue weighted by atomic mass is 16.4. The fourth-order valence-electron chi connectivity index (χ4n) is 2.49. The number of nitrogens with zero attached hydrogens (tertiary/aromatic N) is 1. The number of carbonyl (C=O) groups is 2. The van der Waals surface area contributed by atoms with Crippen molar-refractivity contribution in [3.05, 3.63) is 29.3 Å². The maximum Gasteiger partial charge on any atom is 0.305 e. The highest BCUT2D eigenvalue weighted by Crippen LogP contribution is 2.26. The summed E-state index contributed by atoms with van der Waals surface area (Å²) in [4.78, 5) is 24.7. The summed E-state index contributed by atoms with van der Waals surface area (Å²) in [6.07, 6.45) is 1.46. The van der Waals surface area contributed by atoms with Crippen molar-refractivity contribution in [2.45, 2.75) is 32.2 Å². The number of likely N-dealkylation sites (tertiary alicyclic amines) is 1. The molecular formula is C14H17NO4. The Bertz CT molecular complexity index is 512. The van der Waals surface area contributed by atoms with E-state index < -0.39 is 5.97 Å². The molecule has 0 radical (unpaired) electrons. The topological polar surface area (TPSA) is 77.8 Å². The second kappa shape index (κ2) is 5.30. The van der Waals surface area contributed by atoms with E-state index in [0.717, 1.165) is 12.0 Å². The van der Waals surface area contributed by atoms with E-state index in [-0.39, 0.29) is 29.7 Å². The third-order valence-corrected chi connectivity index (χ3v) is 3.43. The molecule has 1 aliphatic rings. The number of amides is 1. The van der Waals surface area contributed by atoms with Crippen LogP contribution in [0.3, 0.4) is 0 Å². The van der Waals surface area contributed by atoms with E-state index in [1.165, 1.54) is 6.07 Å². The van der Waals surface area contributed by atoms with Crippen molar-refractivity contribution in [3.63, 3.8) is 0 Å². The Morgan fingerprint density at radius 2 is 2.16 bits per heavy atom. The van der Waals surface area contributed by atoms with Gasteiger partial charge in [0, 0.05) is 12.6 Å². The molecule has 1 heterocycles. The summed E-state index contributed by atoms with van der Waals surface area (Å²) in [6.45, 7) is 2.38. The van der Waals surface area contributed by atoms with Gasteiger partial charge in [-0.2, -0.15) is 0 Å². The normalized spacial score (nSPS) is 18.6. The molecule has 5 heteroatoms. The Hall–Kier alpha value is -2.04. The summed E-state index contributed by atoms with van der Waals surface area (Å²) in [5.74, 6) is -1.25. The number of aliphatic carboxylic acids is 1. The zero-order valence-corrected chi connectivity index (χ0v) is 10.8. The molecule has 0 unspecified atom stereocenters. The Kier molecular flexibility index (Phi) is 3.74. The summed E-state index contributed by atoms with van der Waals surface area (Å²) in [5, 5.41) is 18.7. The standard InChI is InChI=1S/C14H17NO4/c1-9-4-5-11(12(16)7-9)14(19)15-6-2-3-10(15)8-13(17)18/h4-5,7,10,16H,2-3,6,8H2,1H3,(H,17,18)/t10-/m1/s1. The van der Waals surface area contributed by atoms with Crippen LogP contribution in [0, 0.1) is 6.92 Å². The van der Waals surface area contributed by atoms with Crippen LogP contribution in [-0.2, 0) is 4.79 Å². The third kappa shape index (κ3) is 2.86. The van der Waals surface area contributed by atoms with E-state index in [4.69, 9.17) is 5.11 Å². The van der Waals surface area contributed by atoms with Gasteiger partial charge in [-0.1, -0.05) is 6.07 Å². The molecule has 5 nitrogen and oxygen atoms in total. The van der Waals surface area contributed by atoms with Crippen LogP contribution in [0.15, 0.2) is 18.2 Å². The molecule has 2 N–H and O–H groups in total. The first-order valence-electron chi connectivity index (χ1n) is 6.31. The molecule has 0 aliphatic carbocycles. The fraction of sp³-hybridized carbons (Fsp3) is 0.429. The number of aryl methyl sites for hydroxylation is 1. The molecular weight excluding hydrogens is 246 g/mol. The van der Waals surface area contributed by atoms with Crippen molar-refractivity contribution < 1.29 is 19.8 Å². The lowest BCUT2D eigenvalue weighted by Gasteiger charge is -2.24. The van der Waals surface area contributed by atoms with E-state index in [9.17, 15) is 14.7 Å². The van der Waals surface area contributed by atoms with Crippen LogP contribution in [0.2, 0.25) is 0 Å². The van der Waals surface area contributed by atoms with Gasteiger partial charge in [0.25, 0.3) is 5.91 Å². The van der Waals surface area contributed by atoms with Crippen LogP contribution in [0.4, 0.5) is 0 Å². The summed E-state index contributed by atoms with van der Waals surface area (Å²) >= 11 is 0. The molecule has 1 amide bonds. The van der Waals surface area contributed by atoms with Gasteiger partial charge in [-0.3, -0.25) is 9.59 Å². The zero-order valence-electron chi connectivity index (χ0n) is 10.8. The number of benzene rings is 1. The molecule has 2 rings (SSSR count). The predicted octanol–water partition coefficient (Wildman–Crippen LogP) is 1.78. The van der Waals surface area contributed by atoms with Gasteiger partial charge in [0.15, 0.2) is 0 Å². The first kappa shape index (κ1) is 13.4. The minimum Gasteiger partial charge on any atom is -0.507 e. The van der Waals surface area contributed by atoms with Crippen LogP contribution < -0.4 is 0 Å². The first-order chi connectivity index (χ1) is 8.99. The number of carboxylic acids is 1. The quantitative estimate of drug-likeness (QED) is 0.871. The van der Waals surface area contributed by atoms with Gasteiger partial charge in [-0.05, 0) is 37.5 Å². The summed E-state index contributed by atoms with van der Waals surface area (Å²) < 4.78 is 0. The van der Waals surface area contributed by atoms with Gasteiger partial charge in [0.1, 0.15) is 5.75 Å². The Morgan fingerprint density at radius 3 is 2.79 bits per heavy atom. The average Bonchev–Trinajstić information content (AvgIpc) is 2.75. The van der Waals surface area contributed by atoms with Crippen molar-refractivity contribution >= 4 is 11.9 Å². The van der Waals surface area contributed by atoms with Crippen LogP contribution in [-0.4, -0.2) is 39.6 Å². The molecule has 19 heavy (non-hydrogen) atoms. The number of phenolic OH excluding ortho intramolecular Hbond substituents is 1. The minimum atomic E-state index is -0.905. The van der Waals surface area contributed by atoms with E-state index in [1.54, 1.807) is 17.0 Å². The number of hydrogen-bond acceptors (Lipinski definition) is 3. The number of rotatable bonds is 3. The molecule has 0 saturated carbocycles. The molecule has 1 fully saturated rings. The Labute approximate surface area is 111 Å². The van der Waals surface area contributed by atoms with Crippen molar-refractivity contribution in [1.82, 2.24) is 4.90 Å². The van der Waals surface area contributed by atoms with Gasteiger partial charge in [0.05, 0.1) is 12.0 Å². The van der Waals surface area contributed by atoms with Crippen molar-refractivity contribution in [2.24, 2.45) is 0 Å². The van der Waals surface area contributed by atoms with Crippen LogP contribution in [0.25, 0.3) is 0 Å². The highest BCUT2D eigenvalue weighted by Gasteiger charge is 2.31. The van der Waals surface area contributed by atoms with Crippen LogP contribution in [0.5, 0.6) is 5.75 Å². The lowest BCUT2D eigenvalue weighted by Crippen LogP contribution is -2.36. The summed E-state index contributed by atoms with van der Waals surface area (Å²) in [6, 6.07) is 4.61. The number of carboxylic acid groups (broad SMARTS) is 1. The first-order valence-corrected chi connectivity index (χ1v) is 6.31. The number of phenols is 1. The van der Waals surface area contributed by atoms with Gasteiger partial charge in [0.2, 0.25) is 0 Å². The number of aromatic hydroxyl groups is 1. The molecule has 1 aromatic rings. The molecule has 1 atom stereocenters. The zero-order chi connectivity index (χ0) is 14.0. The summed E-state index contributed by atoms with van der Waals surface area (Å²) in [5.41, 5.74) is 1.11. The maximum absolute atomic E-state index is 12.3. The van der Waals surface area contributed by atoms with Gasteiger partial charge in [-0.25, -0.2) is 0 Å². The van der Waals surface area contributed by atoms with Gasteiger partial charge >= 0.3 is 5.97 Å². The molecule has 1 aliphatic heterocycles. The second-order valence-corrected chi connectivity index (χ2v) is 4.91. The number of carbonyl (C=O) groups excluding carboxylic acids is 1. The van der Waals surface area contributed by atoms with E-state index in [2.05, 4.69) is 0 Å². The molecule has 0 spiro atoms. The lowest BCUT2D eigenvalue weighted by molar-refractivity contribution is -0.137. The molecule has 1 aromatic carbocycles. The molecule has 0 bridgehead atoms. The van der Waals surface area contributed by atoms with Crippen LogP contribution >= 0.6 is 0 Å². The monoisotopic (exact) mass is 263 g/mol. The summed E-state index contributed by atoms with van der Waals surface area (Å²) in [7, 11) is 0. The van der Waals surface area contributed by atoms with Crippen molar-refractivity contribution in [3.8, 4) is 5.75 Å². The Morgan fingerprint density at radius 1 is 1.42 bits per heavy atom.